The summed E-state index contributed by atoms with van der Waals surface area (Å²) in [6.07, 6.45) is 0. The Hall–Kier alpha value is -2.37. The van der Waals surface area contributed by atoms with Crippen molar-refractivity contribution in [3.8, 4) is 0 Å². The summed E-state index contributed by atoms with van der Waals surface area (Å²) in [4.78, 5) is 0. The fraction of sp³-hybridized carbons (Fsp3) is 0.0909. The molecule has 3 aromatic carbocycles. The van der Waals surface area contributed by atoms with Gasteiger partial charge in [0.25, 0.3) is 0 Å². The normalized spacial score (nSPS) is 12.1. The molecule has 0 heterocycles. The van der Waals surface area contributed by atoms with Crippen LogP contribution in [-0.2, 0) is 0 Å². The molecule has 0 aliphatic rings. The Labute approximate surface area is 145 Å². The maximum Gasteiger partial charge on any atom is 0.126 e. The van der Waals surface area contributed by atoms with E-state index in [0.29, 0.717) is 5.76 Å². The van der Waals surface area contributed by atoms with Crippen molar-refractivity contribution in [1.29, 1.82) is 0 Å². The fourth-order valence-corrected chi connectivity index (χ4v) is 5.07. The van der Waals surface area contributed by atoms with Gasteiger partial charge in [0.05, 0.1) is 0 Å². The maximum atomic E-state index is 10.9. The van der Waals surface area contributed by atoms with Gasteiger partial charge in [-0.3, -0.25) is 0 Å². The predicted octanol–water partition coefficient (Wildman–Crippen LogP) is 5.37. The molecule has 0 atom stereocenters. The van der Waals surface area contributed by atoms with Crippen molar-refractivity contribution in [1.82, 2.24) is 0 Å². The first-order chi connectivity index (χ1) is 11.7. The molecule has 3 rings (SSSR count). The number of hydrogen-bond donors (Lipinski definition) is 1. The first-order valence-electron chi connectivity index (χ1n) is 8.04. The van der Waals surface area contributed by atoms with E-state index in [1.54, 1.807) is 0 Å². The highest BCUT2D eigenvalue weighted by atomic mass is 31.1. The molecule has 0 aliphatic carbocycles. The average molecular weight is 332 g/mol. The van der Waals surface area contributed by atoms with Gasteiger partial charge in [0.2, 0.25) is 0 Å². The van der Waals surface area contributed by atoms with Gasteiger partial charge in [-0.2, -0.15) is 0 Å². The summed E-state index contributed by atoms with van der Waals surface area (Å²) in [7, 11) is -0.753. The van der Waals surface area contributed by atoms with Crippen molar-refractivity contribution in [3.05, 3.63) is 101 Å². The van der Waals surface area contributed by atoms with Gasteiger partial charge in [0.1, 0.15) is 5.76 Å². The van der Waals surface area contributed by atoms with E-state index in [1.165, 1.54) is 16.2 Å². The summed E-state index contributed by atoms with van der Waals surface area (Å²) >= 11 is 0. The first kappa shape index (κ1) is 16.5. The molecule has 0 amide bonds. The molecule has 3 aromatic rings. The van der Waals surface area contributed by atoms with Crippen molar-refractivity contribution in [2.24, 2.45) is 0 Å². The standard InChI is InChI=1S/C22H21OP/c1-17-13-15-19(16-14-17)22(23)18(2)24(20-9-5-3-6-10-20)21-11-7-4-8-12-21/h3-16,23H,1-2H3. The van der Waals surface area contributed by atoms with E-state index < -0.39 is 7.92 Å². The Bertz CT molecular complexity index is 781. The molecule has 0 aromatic heterocycles. The molecule has 1 N–H and O–H groups in total. The highest BCUT2D eigenvalue weighted by Gasteiger charge is 2.19. The summed E-state index contributed by atoms with van der Waals surface area (Å²) in [5.74, 6) is 0.383. The largest absolute Gasteiger partial charge is 0.507 e. The van der Waals surface area contributed by atoms with E-state index in [1.807, 2.05) is 43.3 Å². The number of allylic oxidation sites excluding steroid dienone is 1. The summed E-state index contributed by atoms with van der Waals surface area (Å²) in [6.45, 7) is 4.10. The lowest BCUT2D eigenvalue weighted by molar-refractivity contribution is 0.509. The minimum absolute atomic E-state index is 0.383. The molecule has 0 aliphatic heterocycles. The summed E-state index contributed by atoms with van der Waals surface area (Å²) in [5.41, 5.74) is 2.06. The first-order valence-corrected chi connectivity index (χ1v) is 9.38. The van der Waals surface area contributed by atoms with Gasteiger partial charge in [-0.1, -0.05) is 90.5 Å². The van der Waals surface area contributed by atoms with E-state index in [2.05, 4.69) is 55.5 Å². The summed E-state index contributed by atoms with van der Waals surface area (Å²) < 4.78 is 0. The Morgan fingerprint density at radius 2 is 1.17 bits per heavy atom. The van der Waals surface area contributed by atoms with Crippen LogP contribution in [0, 0.1) is 6.92 Å². The Kier molecular flexibility index (Phi) is 5.13. The lowest BCUT2D eigenvalue weighted by Crippen LogP contribution is -2.12. The van der Waals surface area contributed by atoms with Gasteiger partial charge in [-0.05, 0) is 32.4 Å². The van der Waals surface area contributed by atoms with E-state index in [-0.39, 0.29) is 0 Å². The van der Waals surface area contributed by atoms with Crippen LogP contribution in [-0.4, -0.2) is 5.11 Å². The maximum absolute atomic E-state index is 10.9. The zero-order valence-corrected chi connectivity index (χ0v) is 14.9. The molecule has 24 heavy (non-hydrogen) atoms. The Balaban J connectivity index is 2.11. The molecule has 0 unspecified atom stereocenters. The molecule has 0 radical (unpaired) electrons. The molecule has 2 heteroatoms. The minimum atomic E-state index is -0.753. The lowest BCUT2D eigenvalue weighted by atomic mass is 10.1. The highest BCUT2D eigenvalue weighted by Crippen LogP contribution is 2.45. The van der Waals surface area contributed by atoms with Gasteiger partial charge in [0.15, 0.2) is 0 Å². The van der Waals surface area contributed by atoms with Crippen molar-refractivity contribution in [2.45, 2.75) is 13.8 Å². The SMILES string of the molecule is CC(=C(O)c1ccc(C)cc1)P(c1ccccc1)c1ccccc1. The molecule has 0 fully saturated rings. The van der Waals surface area contributed by atoms with Gasteiger partial charge >= 0.3 is 0 Å². The van der Waals surface area contributed by atoms with Crippen LogP contribution in [0.25, 0.3) is 5.76 Å². The van der Waals surface area contributed by atoms with Gasteiger partial charge < -0.3 is 5.11 Å². The molecular weight excluding hydrogens is 311 g/mol. The van der Waals surface area contributed by atoms with Crippen LogP contribution in [0.2, 0.25) is 0 Å². The van der Waals surface area contributed by atoms with Crippen molar-refractivity contribution >= 4 is 24.3 Å². The zero-order valence-electron chi connectivity index (χ0n) is 14.0. The van der Waals surface area contributed by atoms with Crippen LogP contribution in [0.3, 0.4) is 0 Å². The van der Waals surface area contributed by atoms with E-state index >= 15 is 0 Å². The Morgan fingerprint density at radius 1 is 0.708 bits per heavy atom. The monoisotopic (exact) mass is 332 g/mol. The molecule has 0 saturated heterocycles. The van der Waals surface area contributed by atoms with Gasteiger partial charge in [-0.15, -0.1) is 0 Å². The third-order valence-corrected chi connectivity index (χ3v) is 6.54. The molecule has 0 spiro atoms. The average Bonchev–Trinajstić information content (AvgIpc) is 2.64. The smallest absolute Gasteiger partial charge is 0.126 e. The second-order valence-corrected chi connectivity index (χ2v) is 8.18. The fourth-order valence-electron chi connectivity index (χ4n) is 2.72. The molecule has 120 valence electrons. The summed E-state index contributed by atoms with van der Waals surface area (Å²) in [5, 5.41) is 14.4. The van der Waals surface area contributed by atoms with Gasteiger partial charge in [0, 0.05) is 10.9 Å². The number of aliphatic hydroxyl groups is 1. The number of aryl methyl sites for hydroxylation is 1. The van der Waals surface area contributed by atoms with Gasteiger partial charge in [-0.25, -0.2) is 0 Å². The predicted molar refractivity (Wildman–Crippen MR) is 105 cm³/mol. The highest BCUT2D eigenvalue weighted by molar-refractivity contribution is 7.76. The quantitative estimate of drug-likeness (QED) is 0.503. The Morgan fingerprint density at radius 3 is 1.62 bits per heavy atom. The summed E-state index contributed by atoms with van der Waals surface area (Å²) in [6, 6.07) is 28.9. The zero-order chi connectivity index (χ0) is 16.9. The van der Waals surface area contributed by atoms with Crippen LogP contribution < -0.4 is 10.6 Å². The molecule has 0 saturated carbocycles. The van der Waals surface area contributed by atoms with Crippen molar-refractivity contribution < 1.29 is 5.11 Å². The second-order valence-electron chi connectivity index (χ2n) is 5.81. The third kappa shape index (κ3) is 3.58. The number of rotatable bonds is 4. The molecular formula is C22H21OP. The second kappa shape index (κ2) is 7.47. The number of aliphatic hydroxyl groups excluding tert-OH is 1. The minimum Gasteiger partial charge on any atom is -0.507 e. The van der Waals surface area contributed by atoms with Crippen LogP contribution in [0.1, 0.15) is 18.1 Å². The van der Waals surface area contributed by atoms with Crippen LogP contribution in [0.4, 0.5) is 0 Å². The van der Waals surface area contributed by atoms with Crippen LogP contribution in [0.5, 0.6) is 0 Å². The number of hydrogen-bond acceptors (Lipinski definition) is 1. The van der Waals surface area contributed by atoms with Crippen molar-refractivity contribution in [2.75, 3.05) is 0 Å². The number of benzene rings is 3. The topological polar surface area (TPSA) is 20.2 Å². The van der Waals surface area contributed by atoms with E-state index in [4.69, 9.17) is 0 Å². The van der Waals surface area contributed by atoms with Crippen LogP contribution in [0.15, 0.2) is 90.2 Å². The molecule has 1 nitrogen and oxygen atoms in total. The van der Waals surface area contributed by atoms with E-state index in [0.717, 1.165) is 10.9 Å². The third-order valence-electron chi connectivity index (χ3n) is 4.03. The lowest BCUT2D eigenvalue weighted by Gasteiger charge is -2.21. The molecule has 0 bridgehead atoms. The van der Waals surface area contributed by atoms with Crippen molar-refractivity contribution in [3.63, 3.8) is 0 Å². The van der Waals surface area contributed by atoms with Crippen LogP contribution >= 0.6 is 7.92 Å². The van der Waals surface area contributed by atoms with E-state index in [9.17, 15) is 5.11 Å².